The zero-order valence-corrected chi connectivity index (χ0v) is 16.4. The lowest BCUT2D eigenvalue weighted by molar-refractivity contribution is -0.533. The van der Waals surface area contributed by atoms with Crippen LogP contribution in [0.5, 0.6) is 5.75 Å². The average molecular weight is 444 g/mol. The number of hydrogen-bond donors (Lipinski definition) is 1. The van der Waals surface area contributed by atoms with Gasteiger partial charge in [-0.1, -0.05) is 11.8 Å². The van der Waals surface area contributed by atoms with Crippen LogP contribution in [-0.4, -0.2) is 46.8 Å². The molecule has 1 aromatic carbocycles. The minimum absolute atomic E-state index is 0. The molecule has 0 spiro atoms. The van der Waals surface area contributed by atoms with Crippen LogP contribution in [0.15, 0.2) is 24.4 Å². The van der Waals surface area contributed by atoms with Gasteiger partial charge in [-0.3, -0.25) is 4.79 Å². The molecule has 6 heteroatoms. The Balaban J connectivity index is 0.00000192. The number of halogens is 1. The molecule has 0 saturated carbocycles. The van der Waals surface area contributed by atoms with Gasteiger partial charge in [-0.05, 0) is 24.8 Å². The summed E-state index contributed by atoms with van der Waals surface area (Å²) in [6.45, 7) is 1.97. The predicted molar refractivity (Wildman–Crippen MR) is 91.5 cm³/mol. The van der Waals surface area contributed by atoms with Crippen LogP contribution < -0.4 is 28.7 Å². The molecule has 0 amide bonds. The van der Waals surface area contributed by atoms with Gasteiger partial charge in [0.2, 0.25) is 0 Å². The number of methoxy groups -OCH3 is 1. The smallest absolute Gasteiger partial charge is 0.283 e. The molecule has 4 nitrogen and oxygen atoms in total. The van der Waals surface area contributed by atoms with E-state index in [0.717, 1.165) is 40.3 Å². The second-order valence-electron chi connectivity index (χ2n) is 5.50. The fourth-order valence-corrected chi connectivity index (χ4v) is 3.73. The Bertz CT molecular complexity index is 731. The Morgan fingerprint density at radius 2 is 2.00 bits per heavy atom. The molecule has 0 aliphatic carbocycles. The van der Waals surface area contributed by atoms with E-state index in [4.69, 9.17) is 4.74 Å². The van der Waals surface area contributed by atoms with Crippen LogP contribution in [0.4, 0.5) is 0 Å². The summed E-state index contributed by atoms with van der Waals surface area (Å²) in [6, 6.07) is 5.77. The third-order valence-electron chi connectivity index (χ3n) is 4.16. The molecule has 0 bridgehead atoms. The zero-order chi connectivity index (χ0) is 15.5. The van der Waals surface area contributed by atoms with Crippen LogP contribution >= 0.6 is 11.8 Å². The predicted octanol–water partition coefficient (Wildman–Crippen LogP) is 0.321. The molecule has 2 heterocycles. The van der Waals surface area contributed by atoms with Gasteiger partial charge in [0.25, 0.3) is 10.8 Å². The molecule has 23 heavy (non-hydrogen) atoms. The average Bonchev–Trinajstić information content (AvgIpc) is 2.99. The number of fused-ring (bicyclic) bond motifs is 1. The van der Waals surface area contributed by atoms with Gasteiger partial charge in [-0.25, -0.2) is 4.58 Å². The maximum Gasteiger partial charge on any atom is 0.283 e. The highest BCUT2D eigenvalue weighted by Gasteiger charge is 2.27. The number of carbonyl (C=O) groups excluding carboxylic acids is 1. The topological polar surface area (TPSA) is 45.1 Å². The fourth-order valence-electron chi connectivity index (χ4n) is 3.00. The number of Topliss-reactive ketones (excluding diaryl/α,β-unsaturated/α-hetero) is 1. The number of hydrogen-bond acceptors (Lipinski definition) is 3. The van der Waals surface area contributed by atoms with Crippen molar-refractivity contribution in [3.8, 4) is 5.75 Å². The first-order chi connectivity index (χ1) is 10.7. The number of nitrogens with one attached hydrogen (secondary N) is 1. The molecule has 3 rings (SSSR count). The quantitative estimate of drug-likeness (QED) is 0.321. The molecule has 1 fully saturated rings. The SMILES string of the molecule is COc1ccc2c(C(=O)C(SC)=[N+]3CCCCC3)c[nH]c2c1.[I-]. The van der Waals surface area contributed by atoms with Crippen LogP contribution in [0.3, 0.4) is 0 Å². The van der Waals surface area contributed by atoms with E-state index in [1.54, 1.807) is 18.9 Å². The van der Waals surface area contributed by atoms with Gasteiger partial charge < -0.3 is 33.7 Å². The molecule has 1 aliphatic rings. The first-order valence-corrected chi connectivity index (χ1v) is 8.83. The Kier molecular flexibility index (Phi) is 6.52. The van der Waals surface area contributed by atoms with Crippen LogP contribution in [-0.2, 0) is 0 Å². The van der Waals surface area contributed by atoms with Crippen LogP contribution in [0.2, 0.25) is 0 Å². The molecule has 0 unspecified atom stereocenters. The van der Waals surface area contributed by atoms with E-state index in [0.29, 0.717) is 0 Å². The van der Waals surface area contributed by atoms with E-state index in [1.807, 2.05) is 30.7 Å². The Morgan fingerprint density at radius 1 is 1.26 bits per heavy atom. The van der Waals surface area contributed by atoms with Crippen LogP contribution in [0.25, 0.3) is 10.9 Å². The van der Waals surface area contributed by atoms with Crippen molar-refractivity contribution in [2.45, 2.75) is 19.3 Å². The van der Waals surface area contributed by atoms with Crippen LogP contribution in [0, 0.1) is 0 Å². The van der Waals surface area contributed by atoms with Gasteiger partial charge in [0.1, 0.15) is 18.8 Å². The first kappa shape index (κ1) is 18.3. The Hall–Kier alpha value is -1.02. The van der Waals surface area contributed by atoms with Crippen molar-refractivity contribution in [1.29, 1.82) is 0 Å². The minimum atomic E-state index is 0. The highest BCUT2D eigenvalue weighted by Crippen LogP contribution is 2.25. The monoisotopic (exact) mass is 444 g/mol. The number of thioether (sulfide) groups is 1. The summed E-state index contributed by atoms with van der Waals surface area (Å²) in [6.07, 6.45) is 7.40. The van der Waals surface area contributed by atoms with Crippen molar-refractivity contribution in [3.05, 3.63) is 30.0 Å². The molecule has 0 atom stereocenters. The standard InChI is InChI=1S/C17H20N2O2S.HI/c1-21-12-6-7-13-14(11-18-15(13)10-12)16(20)17(22-2)19-8-4-3-5-9-19;/h6-7,10-11H,3-5,8-9H2,1-2H3;1H. The molecule has 124 valence electrons. The van der Waals surface area contributed by atoms with Gasteiger partial charge in [0.05, 0.1) is 12.7 Å². The molecule has 0 radical (unpaired) electrons. The summed E-state index contributed by atoms with van der Waals surface area (Å²) in [5.41, 5.74) is 1.68. The van der Waals surface area contributed by atoms with Crippen LogP contribution in [0.1, 0.15) is 29.6 Å². The third kappa shape index (κ3) is 3.74. The van der Waals surface area contributed by atoms with Crippen molar-refractivity contribution in [2.24, 2.45) is 0 Å². The molecule has 2 aromatic rings. The van der Waals surface area contributed by atoms with Crippen molar-refractivity contribution >= 4 is 33.5 Å². The fraction of sp³-hybridized carbons (Fsp3) is 0.412. The largest absolute Gasteiger partial charge is 1.00 e. The highest BCUT2D eigenvalue weighted by molar-refractivity contribution is 8.14. The molecular weight excluding hydrogens is 423 g/mol. The lowest BCUT2D eigenvalue weighted by Gasteiger charge is -2.12. The number of aromatic nitrogens is 1. The van der Waals surface area contributed by atoms with E-state index >= 15 is 0 Å². The zero-order valence-electron chi connectivity index (χ0n) is 13.4. The van der Waals surface area contributed by atoms with E-state index in [1.165, 1.54) is 19.3 Å². The lowest BCUT2D eigenvalue weighted by atomic mass is 10.1. The van der Waals surface area contributed by atoms with Crippen molar-refractivity contribution < 1.29 is 38.1 Å². The number of ketones is 1. The maximum atomic E-state index is 13.0. The third-order valence-corrected chi connectivity index (χ3v) is 4.99. The lowest BCUT2D eigenvalue weighted by Crippen LogP contribution is -3.00. The number of rotatable bonds is 3. The second-order valence-corrected chi connectivity index (χ2v) is 6.29. The Morgan fingerprint density at radius 3 is 2.65 bits per heavy atom. The highest BCUT2D eigenvalue weighted by atomic mass is 127. The number of piperidine rings is 1. The van der Waals surface area contributed by atoms with E-state index < -0.39 is 0 Å². The molecule has 1 aromatic heterocycles. The van der Waals surface area contributed by atoms with Crippen molar-refractivity contribution in [1.82, 2.24) is 4.98 Å². The Labute approximate surface area is 157 Å². The summed E-state index contributed by atoms with van der Waals surface area (Å²) < 4.78 is 7.47. The van der Waals surface area contributed by atoms with E-state index in [-0.39, 0.29) is 29.8 Å². The first-order valence-electron chi connectivity index (χ1n) is 7.60. The van der Waals surface area contributed by atoms with Gasteiger partial charge in [0, 0.05) is 36.0 Å². The number of ether oxygens (including phenoxy) is 1. The van der Waals surface area contributed by atoms with Gasteiger partial charge in [-0.2, -0.15) is 0 Å². The number of benzene rings is 1. The second kappa shape index (κ2) is 8.19. The summed E-state index contributed by atoms with van der Waals surface area (Å²) >= 11 is 1.55. The molecule has 1 saturated heterocycles. The molecule has 1 N–H and O–H groups in total. The van der Waals surface area contributed by atoms with Gasteiger partial charge >= 0.3 is 0 Å². The number of aromatic amines is 1. The molecule has 1 aliphatic heterocycles. The van der Waals surface area contributed by atoms with Crippen molar-refractivity contribution in [3.63, 3.8) is 0 Å². The normalized spacial score (nSPS) is 14.4. The summed E-state index contributed by atoms with van der Waals surface area (Å²) in [4.78, 5) is 16.1. The minimum Gasteiger partial charge on any atom is -1.00 e. The summed E-state index contributed by atoms with van der Waals surface area (Å²) in [5.74, 6) is 0.907. The summed E-state index contributed by atoms with van der Waals surface area (Å²) in [5, 5.41) is 1.81. The van der Waals surface area contributed by atoms with Gasteiger partial charge in [-0.15, -0.1) is 0 Å². The van der Waals surface area contributed by atoms with Gasteiger partial charge in [0.15, 0.2) is 0 Å². The molecular formula is C17H21IN2O2S. The summed E-state index contributed by atoms with van der Waals surface area (Å²) in [7, 11) is 1.64. The van der Waals surface area contributed by atoms with E-state index in [9.17, 15) is 4.79 Å². The number of H-pyrrole nitrogens is 1. The van der Waals surface area contributed by atoms with E-state index in [2.05, 4.69) is 9.56 Å². The maximum absolute atomic E-state index is 13.0. The number of nitrogens with zero attached hydrogens (tertiary/aromatic N) is 1. The number of carbonyl (C=O) groups is 1. The van der Waals surface area contributed by atoms with Crippen molar-refractivity contribution in [2.75, 3.05) is 26.5 Å².